The third kappa shape index (κ3) is 3.89. The number of fused-ring (bicyclic) bond motifs is 1. The number of para-hydroxylation sites is 2. The molecule has 2 aromatic heterocycles. The molecule has 1 aromatic carbocycles. The molecule has 1 amide bonds. The Bertz CT molecular complexity index is 1150. The van der Waals surface area contributed by atoms with Crippen molar-refractivity contribution in [2.75, 3.05) is 16.8 Å². The fourth-order valence-electron chi connectivity index (χ4n) is 4.43. The van der Waals surface area contributed by atoms with Crippen molar-refractivity contribution in [2.45, 2.75) is 31.8 Å². The van der Waals surface area contributed by atoms with Crippen LogP contribution in [-0.2, 0) is 16.1 Å². The summed E-state index contributed by atoms with van der Waals surface area (Å²) in [5.41, 5.74) is 4.25. The Morgan fingerprint density at radius 1 is 1.16 bits per heavy atom. The molecule has 0 spiro atoms. The van der Waals surface area contributed by atoms with E-state index < -0.39 is 6.04 Å². The number of nitrogens with zero attached hydrogens (tertiary/aromatic N) is 2. The molecule has 7 nitrogen and oxygen atoms in total. The van der Waals surface area contributed by atoms with E-state index in [1.54, 1.807) is 18.7 Å². The fraction of sp³-hybridized carbons (Fsp3) is 0.240. The average molecular weight is 428 g/mol. The van der Waals surface area contributed by atoms with Crippen molar-refractivity contribution in [3.8, 4) is 0 Å². The normalized spacial score (nSPS) is 17.8. The van der Waals surface area contributed by atoms with E-state index in [2.05, 4.69) is 15.6 Å². The standard InChI is InChI=1S/C25H24N4O3/c30-21-10-3-8-19-24(21)25(22-11-5-13-32-22)29(20-9-2-1-7-18(20)28-19)16-23(31)27-15-17-6-4-12-26-14-17/h1-2,4-7,9,11-14,25,28H,3,8,10,15-16H2,(H,27,31). The molecule has 1 unspecified atom stereocenters. The molecule has 1 aliphatic heterocycles. The van der Waals surface area contributed by atoms with Gasteiger partial charge < -0.3 is 20.0 Å². The summed E-state index contributed by atoms with van der Waals surface area (Å²) < 4.78 is 5.79. The number of furan rings is 1. The molecule has 0 fully saturated rings. The summed E-state index contributed by atoms with van der Waals surface area (Å²) in [6, 6.07) is 14.8. The van der Waals surface area contributed by atoms with Crippen LogP contribution in [0.25, 0.3) is 0 Å². The van der Waals surface area contributed by atoms with Crippen LogP contribution in [0.15, 0.2) is 82.9 Å². The lowest BCUT2D eigenvalue weighted by molar-refractivity contribution is -0.120. The molecule has 32 heavy (non-hydrogen) atoms. The summed E-state index contributed by atoms with van der Waals surface area (Å²) in [7, 11) is 0. The van der Waals surface area contributed by atoms with Crippen LogP contribution >= 0.6 is 0 Å². The Balaban J connectivity index is 1.52. The average Bonchev–Trinajstić information content (AvgIpc) is 3.30. The monoisotopic (exact) mass is 428 g/mol. The number of benzene rings is 1. The van der Waals surface area contributed by atoms with Crippen LogP contribution in [0.4, 0.5) is 11.4 Å². The van der Waals surface area contributed by atoms with Gasteiger partial charge in [-0.15, -0.1) is 0 Å². The summed E-state index contributed by atoms with van der Waals surface area (Å²) >= 11 is 0. The summed E-state index contributed by atoms with van der Waals surface area (Å²) in [5, 5.41) is 6.45. The first-order valence-electron chi connectivity index (χ1n) is 10.8. The summed E-state index contributed by atoms with van der Waals surface area (Å²) in [6.07, 6.45) is 7.13. The van der Waals surface area contributed by atoms with Crippen molar-refractivity contribution in [2.24, 2.45) is 0 Å². The second-order valence-corrected chi connectivity index (χ2v) is 7.99. The quantitative estimate of drug-likeness (QED) is 0.639. The minimum absolute atomic E-state index is 0.0778. The number of carbonyl (C=O) groups is 2. The number of aromatic nitrogens is 1. The van der Waals surface area contributed by atoms with Gasteiger partial charge in [0.2, 0.25) is 5.91 Å². The highest BCUT2D eigenvalue weighted by molar-refractivity contribution is 6.01. The lowest BCUT2D eigenvalue weighted by Crippen LogP contribution is -2.41. The zero-order chi connectivity index (χ0) is 21.9. The number of amides is 1. The molecule has 3 aromatic rings. The highest BCUT2D eigenvalue weighted by Gasteiger charge is 2.38. The third-order valence-corrected chi connectivity index (χ3v) is 5.88. The summed E-state index contributed by atoms with van der Waals surface area (Å²) in [5.74, 6) is 0.590. The maximum atomic E-state index is 13.1. The van der Waals surface area contributed by atoms with Crippen molar-refractivity contribution in [3.05, 3.63) is 89.8 Å². The smallest absolute Gasteiger partial charge is 0.239 e. The van der Waals surface area contributed by atoms with E-state index in [9.17, 15) is 9.59 Å². The van der Waals surface area contributed by atoms with Gasteiger partial charge in [-0.1, -0.05) is 18.2 Å². The second kappa shape index (κ2) is 8.70. The molecule has 1 atom stereocenters. The molecule has 0 saturated heterocycles. The number of allylic oxidation sites excluding steroid dienone is 1. The van der Waals surface area contributed by atoms with Gasteiger partial charge >= 0.3 is 0 Å². The number of anilines is 2. The number of Topliss-reactive ketones (excluding diaryl/α,β-unsaturated/α-hetero) is 1. The van der Waals surface area contributed by atoms with E-state index in [4.69, 9.17) is 4.42 Å². The van der Waals surface area contributed by atoms with Gasteiger partial charge in [-0.25, -0.2) is 0 Å². The molecule has 0 saturated carbocycles. The zero-order valence-corrected chi connectivity index (χ0v) is 17.6. The maximum absolute atomic E-state index is 13.1. The summed E-state index contributed by atoms with van der Waals surface area (Å²) in [6.45, 7) is 0.465. The van der Waals surface area contributed by atoms with Crippen LogP contribution in [0.1, 0.15) is 36.6 Å². The van der Waals surface area contributed by atoms with Crippen LogP contribution in [0.3, 0.4) is 0 Å². The van der Waals surface area contributed by atoms with E-state index in [1.807, 2.05) is 53.4 Å². The third-order valence-electron chi connectivity index (χ3n) is 5.88. The van der Waals surface area contributed by atoms with Gasteiger partial charge in [0, 0.05) is 36.6 Å². The van der Waals surface area contributed by atoms with E-state index in [1.165, 1.54) is 0 Å². The highest BCUT2D eigenvalue weighted by atomic mass is 16.3. The van der Waals surface area contributed by atoms with E-state index >= 15 is 0 Å². The van der Waals surface area contributed by atoms with Crippen LogP contribution in [-0.4, -0.2) is 23.2 Å². The second-order valence-electron chi connectivity index (χ2n) is 7.99. The van der Waals surface area contributed by atoms with Gasteiger partial charge in [-0.2, -0.15) is 0 Å². The molecule has 2 N–H and O–H groups in total. The highest BCUT2D eigenvalue weighted by Crippen LogP contribution is 2.44. The Morgan fingerprint density at radius 2 is 2.06 bits per heavy atom. The Kier molecular flexibility index (Phi) is 5.46. The number of pyridine rings is 1. The van der Waals surface area contributed by atoms with Crippen molar-refractivity contribution >= 4 is 23.1 Å². The molecule has 2 aliphatic rings. The molecule has 7 heteroatoms. The number of nitrogens with one attached hydrogen (secondary N) is 2. The van der Waals surface area contributed by atoms with Crippen LogP contribution < -0.4 is 15.5 Å². The van der Waals surface area contributed by atoms with Gasteiger partial charge in [-0.3, -0.25) is 14.6 Å². The molecular formula is C25H24N4O3. The number of ketones is 1. The largest absolute Gasteiger partial charge is 0.467 e. The lowest BCUT2D eigenvalue weighted by atomic mass is 9.88. The first-order valence-corrected chi connectivity index (χ1v) is 10.8. The van der Waals surface area contributed by atoms with Gasteiger partial charge in [0.05, 0.1) is 24.2 Å². The Labute approximate surface area is 186 Å². The van der Waals surface area contributed by atoms with E-state index in [-0.39, 0.29) is 18.2 Å². The number of carbonyl (C=O) groups excluding carboxylic acids is 2. The number of rotatable bonds is 5. The SMILES string of the molecule is O=C(CN1c2ccccc2NC2=C(C(=O)CCC2)C1c1ccco1)NCc1cccnc1. The number of hydrogen-bond donors (Lipinski definition) is 2. The van der Waals surface area contributed by atoms with Crippen molar-refractivity contribution in [1.82, 2.24) is 10.3 Å². The van der Waals surface area contributed by atoms with E-state index in [0.29, 0.717) is 24.3 Å². The molecule has 1 aliphatic carbocycles. The van der Waals surface area contributed by atoms with Crippen molar-refractivity contribution in [1.29, 1.82) is 0 Å². The maximum Gasteiger partial charge on any atom is 0.239 e. The molecular weight excluding hydrogens is 404 g/mol. The van der Waals surface area contributed by atoms with Gasteiger partial charge in [0.15, 0.2) is 5.78 Å². The molecule has 162 valence electrons. The van der Waals surface area contributed by atoms with Crippen LogP contribution in [0.2, 0.25) is 0 Å². The molecule has 5 rings (SSSR count). The van der Waals surface area contributed by atoms with Gasteiger partial charge in [-0.05, 0) is 48.7 Å². The van der Waals surface area contributed by atoms with Crippen molar-refractivity contribution < 1.29 is 14.0 Å². The first kappa shape index (κ1) is 20.1. The van der Waals surface area contributed by atoms with Crippen LogP contribution in [0, 0.1) is 0 Å². The lowest BCUT2D eigenvalue weighted by Gasteiger charge is -2.33. The molecule has 3 heterocycles. The van der Waals surface area contributed by atoms with Crippen LogP contribution in [0.5, 0.6) is 0 Å². The minimum atomic E-state index is -0.479. The molecule has 0 bridgehead atoms. The van der Waals surface area contributed by atoms with Gasteiger partial charge in [0.25, 0.3) is 0 Å². The topological polar surface area (TPSA) is 87.5 Å². The first-order chi connectivity index (χ1) is 15.7. The number of hydrogen-bond acceptors (Lipinski definition) is 6. The van der Waals surface area contributed by atoms with E-state index in [0.717, 1.165) is 35.5 Å². The molecule has 0 radical (unpaired) electrons. The van der Waals surface area contributed by atoms with Crippen molar-refractivity contribution in [3.63, 3.8) is 0 Å². The predicted octanol–water partition coefficient (Wildman–Crippen LogP) is 3.97. The zero-order valence-electron chi connectivity index (χ0n) is 17.6. The minimum Gasteiger partial charge on any atom is -0.467 e. The Morgan fingerprint density at radius 3 is 2.88 bits per heavy atom. The predicted molar refractivity (Wildman–Crippen MR) is 121 cm³/mol. The van der Waals surface area contributed by atoms with Gasteiger partial charge in [0.1, 0.15) is 11.8 Å². The Hall–Kier alpha value is -3.87. The summed E-state index contributed by atoms with van der Waals surface area (Å²) in [4.78, 5) is 32.2. The fourth-order valence-corrected chi connectivity index (χ4v) is 4.43.